The molecule has 4 nitrogen and oxygen atoms in total. The summed E-state index contributed by atoms with van der Waals surface area (Å²) in [4.78, 5) is 10.8. The summed E-state index contributed by atoms with van der Waals surface area (Å²) in [6.45, 7) is 3.74. The van der Waals surface area contributed by atoms with Gasteiger partial charge in [0.1, 0.15) is 6.61 Å². The minimum absolute atomic E-state index is 0.312. The van der Waals surface area contributed by atoms with E-state index in [1.165, 1.54) is 12.2 Å². The zero-order valence-electron chi connectivity index (χ0n) is 8.51. The average Bonchev–Trinajstić information content (AvgIpc) is 2.00. The molecule has 1 amide bonds. The van der Waals surface area contributed by atoms with Crippen molar-refractivity contribution in [1.29, 1.82) is 0 Å². The van der Waals surface area contributed by atoms with Crippen molar-refractivity contribution in [1.82, 2.24) is 5.32 Å². The lowest BCUT2D eigenvalue weighted by molar-refractivity contribution is -0.146. The van der Waals surface area contributed by atoms with Crippen molar-refractivity contribution >= 4 is 5.91 Å². The number of hydrogen-bond acceptors (Lipinski definition) is 3. The molecule has 84 valence electrons. The Labute approximate surface area is 81.8 Å². The van der Waals surface area contributed by atoms with Gasteiger partial charge in [-0.3, -0.25) is 10.1 Å². The van der Waals surface area contributed by atoms with Gasteiger partial charge in [0.2, 0.25) is 5.91 Å². The maximum Gasteiger partial charge on any atom is 0.348 e. The third kappa shape index (κ3) is 5.82. The molecule has 0 saturated carbocycles. The first-order chi connectivity index (χ1) is 6.24. The van der Waals surface area contributed by atoms with Crippen LogP contribution < -0.4 is 11.1 Å². The highest BCUT2D eigenvalue weighted by molar-refractivity contribution is 5.81. The molecular weight excluding hydrogens is 194 g/mol. The number of hydrogen-bond donors (Lipinski definition) is 2. The van der Waals surface area contributed by atoms with Crippen molar-refractivity contribution in [3.63, 3.8) is 0 Å². The molecule has 0 aliphatic carbocycles. The molecule has 0 radical (unpaired) electrons. The van der Waals surface area contributed by atoms with Crippen molar-refractivity contribution in [3.05, 3.63) is 0 Å². The fourth-order valence-corrected chi connectivity index (χ4v) is 0.601. The number of nitrogens with two attached hydrogens (primary N) is 1. The summed E-state index contributed by atoms with van der Waals surface area (Å²) >= 11 is 0. The molecule has 0 aromatic heterocycles. The van der Waals surface area contributed by atoms with Gasteiger partial charge in [0.25, 0.3) is 0 Å². The second kappa shape index (κ2) is 5.21. The van der Waals surface area contributed by atoms with Crippen LogP contribution in [0.1, 0.15) is 20.8 Å². The van der Waals surface area contributed by atoms with Crippen molar-refractivity contribution in [2.24, 2.45) is 5.73 Å². The lowest BCUT2D eigenvalue weighted by atomic mass is 10.3. The summed E-state index contributed by atoms with van der Waals surface area (Å²) in [6, 6.07) is -4.32. The van der Waals surface area contributed by atoms with Gasteiger partial charge in [0, 0.05) is 0 Å². The summed E-state index contributed by atoms with van der Waals surface area (Å²) in [5.41, 5.74) is 5.11. The van der Waals surface area contributed by atoms with Crippen molar-refractivity contribution in [3.8, 4) is 0 Å². The first-order valence-electron chi connectivity index (χ1n) is 4.31. The second-order valence-electron chi connectivity index (χ2n) is 3.34. The first-order valence-corrected chi connectivity index (χ1v) is 4.31. The van der Waals surface area contributed by atoms with Crippen molar-refractivity contribution < 1.29 is 18.3 Å². The van der Waals surface area contributed by atoms with Gasteiger partial charge in [-0.1, -0.05) is 0 Å². The molecule has 0 aliphatic heterocycles. The number of amides is 1. The SMILES string of the molecule is CC(C)OCC(F)(F)NC(=O)C(C)N. The van der Waals surface area contributed by atoms with Gasteiger partial charge in [0.15, 0.2) is 0 Å². The van der Waals surface area contributed by atoms with E-state index < -0.39 is 24.6 Å². The van der Waals surface area contributed by atoms with Crippen LogP contribution in [-0.2, 0) is 9.53 Å². The Morgan fingerprint density at radius 3 is 2.36 bits per heavy atom. The molecule has 14 heavy (non-hydrogen) atoms. The Hall–Kier alpha value is -0.750. The normalized spacial score (nSPS) is 14.2. The molecule has 0 aliphatic rings. The third-order valence-electron chi connectivity index (χ3n) is 1.32. The Morgan fingerprint density at radius 2 is 2.00 bits per heavy atom. The third-order valence-corrected chi connectivity index (χ3v) is 1.32. The van der Waals surface area contributed by atoms with Gasteiger partial charge < -0.3 is 10.5 Å². The topological polar surface area (TPSA) is 64.3 Å². The molecule has 3 N–H and O–H groups in total. The van der Waals surface area contributed by atoms with Crippen LogP contribution in [0.4, 0.5) is 8.78 Å². The zero-order chi connectivity index (χ0) is 11.4. The van der Waals surface area contributed by atoms with Gasteiger partial charge in [-0.25, -0.2) is 0 Å². The summed E-state index contributed by atoms with van der Waals surface area (Å²) in [5, 5.41) is 1.49. The van der Waals surface area contributed by atoms with E-state index in [1.54, 1.807) is 13.8 Å². The molecule has 0 bridgehead atoms. The lowest BCUT2D eigenvalue weighted by Gasteiger charge is -2.20. The monoisotopic (exact) mass is 210 g/mol. The standard InChI is InChI=1S/C8H16F2N2O2/c1-5(2)14-4-8(9,10)12-7(13)6(3)11/h5-6H,4,11H2,1-3H3,(H,12,13). The van der Waals surface area contributed by atoms with Gasteiger partial charge in [-0.2, -0.15) is 8.78 Å². The maximum atomic E-state index is 12.9. The molecule has 1 unspecified atom stereocenters. The Balaban J connectivity index is 4.00. The number of carbonyl (C=O) groups excluding carboxylic acids is 1. The molecule has 0 rings (SSSR count). The largest absolute Gasteiger partial charge is 0.370 e. The minimum atomic E-state index is -3.37. The fraction of sp³-hybridized carbons (Fsp3) is 0.875. The summed E-state index contributed by atoms with van der Waals surface area (Å²) in [7, 11) is 0. The zero-order valence-corrected chi connectivity index (χ0v) is 8.51. The van der Waals surface area contributed by atoms with Crippen LogP contribution in [0, 0.1) is 0 Å². The number of ether oxygens (including phenoxy) is 1. The molecule has 6 heteroatoms. The summed E-state index contributed by atoms with van der Waals surface area (Å²) < 4.78 is 30.4. The van der Waals surface area contributed by atoms with Crippen LogP contribution in [-0.4, -0.2) is 30.7 Å². The van der Waals surface area contributed by atoms with Crippen molar-refractivity contribution in [2.75, 3.05) is 6.61 Å². The van der Waals surface area contributed by atoms with Gasteiger partial charge in [0.05, 0.1) is 12.1 Å². The van der Waals surface area contributed by atoms with E-state index in [-0.39, 0.29) is 6.10 Å². The van der Waals surface area contributed by atoms with Gasteiger partial charge in [-0.05, 0) is 20.8 Å². The quantitative estimate of drug-likeness (QED) is 0.648. The minimum Gasteiger partial charge on any atom is -0.370 e. The maximum absolute atomic E-state index is 12.9. The predicted molar refractivity (Wildman–Crippen MR) is 47.8 cm³/mol. The van der Waals surface area contributed by atoms with Crippen LogP contribution in [0.5, 0.6) is 0 Å². The molecule has 0 heterocycles. The number of alkyl halides is 2. The Kier molecular flexibility index (Phi) is 4.93. The van der Waals surface area contributed by atoms with E-state index in [2.05, 4.69) is 4.74 Å². The van der Waals surface area contributed by atoms with E-state index in [9.17, 15) is 13.6 Å². The number of halogens is 2. The average molecular weight is 210 g/mol. The highest BCUT2D eigenvalue weighted by Crippen LogP contribution is 2.10. The molecule has 1 atom stereocenters. The van der Waals surface area contributed by atoms with E-state index in [4.69, 9.17) is 5.73 Å². The first kappa shape index (κ1) is 13.2. The smallest absolute Gasteiger partial charge is 0.348 e. The van der Waals surface area contributed by atoms with Crippen molar-refractivity contribution in [2.45, 2.75) is 39.0 Å². The highest BCUT2D eigenvalue weighted by Gasteiger charge is 2.32. The Bertz CT molecular complexity index is 196. The van der Waals surface area contributed by atoms with Crippen LogP contribution in [0.3, 0.4) is 0 Å². The molecule has 0 spiro atoms. The highest BCUT2D eigenvalue weighted by atomic mass is 19.3. The molecule has 0 saturated heterocycles. The molecular formula is C8H16F2N2O2. The van der Waals surface area contributed by atoms with E-state index in [0.717, 1.165) is 0 Å². The lowest BCUT2D eigenvalue weighted by Crippen LogP contribution is -2.50. The summed E-state index contributed by atoms with van der Waals surface area (Å²) in [5.74, 6) is -0.901. The van der Waals surface area contributed by atoms with Crippen LogP contribution in [0.15, 0.2) is 0 Å². The van der Waals surface area contributed by atoms with E-state index in [0.29, 0.717) is 0 Å². The Morgan fingerprint density at radius 1 is 1.50 bits per heavy atom. The molecule has 0 aromatic carbocycles. The van der Waals surface area contributed by atoms with Crippen LogP contribution in [0.2, 0.25) is 0 Å². The van der Waals surface area contributed by atoms with Gasteiger partial charge in [-0.15, -0.1) is 0 Å². The molecule has 0 aromatic rings. The number of rotatable bonds is 5. The van der Waals surface area contributed by atoms with Gasteiger partial charge >= 0.3 is 6.05 Å². The molecule has 0 fully saturated rings. The van der Waals surface area contributed by atoms with E-state index in [1.807, 2.05) is 0 Å². The van der Waals surface area contributed by atoms with Crippen LogP contribution >= 0.6 is 0 Å². The number of nitrogens with one attached hydrogen (secondary N) is 1. The van der Waals surface area contributed by atoms with E-state index >= 15 is 0 Å². The fourth-order valence-electron chi connectivity index (χ4n) is 0.601. The predicted octanol–water partition coefficient (Wildman–Crippen LogP) is 0.468. The number of carbonyl (C=O) groups is 1. The summed E-state index contributed by atoms with van der Waals surface area (Å²) in [6.07, 6.45) is -0.312. The van der Waals surface area contributed by atoms with Crippen LogP contribution in [0.25, 0.3) is 0 Å². The second-order valence-corrected chi connectivity index (χ2v) is 3.34.